The quantitative estimate of drug-likeness (QED) is 0.249. The average molecular weight is 658 g/mol. The normalized spacial score (nSPS) is 18.7. The number of furan rings is 1. The smallest absolute Gasteiger partial charge is 0.352 e. The van der Waals surface area contributed by atoms with Crippen molar-refractivity contribution in [2.75, 3.05) is 11.5 Å². The molecule has 38 heavy (non-hydrogen) atoms. The predicted molar refractivity (Wildman–Crippen MR) is 147 cm³/mol. The first-order valence-corrected chi connectivity index (χ1v) is 15.0. The first-order valence-electron chi connectivity index (χ1n) is 11.0. The average Bonchev–Trinajstić information content (AvgIpc) is 3.53. The maximum Gasteiger partial charge on any atom is 0.352 e. The van der Waals surface area contributed by atoms with E-state index in [2.05, 4.69) is 31.4 Å². The summed E-state index contributed by atoms with van der Waals surface area (Å²) < 4.78 is 12.8. The van der Waals surface area contributed by atoms with E-state index in [4.69, 9.17) is 20.8 Å². The third kappa shape index (κ3) is 5.59. The van der Waals surface area contributed by atoms with Crippen LogP contribution in [-0.2, 0) is 16.2 Å². The molecule has 1 fully saturated rings. The second kappa shape index (κ2) is 11.3. The molecule has 15 heteroatoms. The van der Waals surface area contributed by atoms with Crippen LogP contribution in [-0.4, -0.2) is 60.9 Å². The number of hydrogen-bond donors (Lipinski definition) is 2. The molecular weight excluding hydrogens is 640 g/mol. The first-order chi connectivity index (χ1) is 18.2. The molecule has 2 amide bonds. The number of aliphatic carboxylic acids is 1. The number of nitrogens with zero attached hydrogens (tertiary/aromatic N) is 3. The summed E-state index contributed by atoms with van der Waals surface area (Å²) in [6.45, 7) is 1.89. The summed E-state index contributed by atoms with van der Waals surface area (Å²) in [6.07, 6.45) is 0. The van der Waals surface area contributed by atoms with Gasteiger partial charge in [0, 0.05) is 16.0 Å². The largest absolute Gasteiger partial charge is 0.484 e. The zero-order valence-corrected chi connectivity index (χ0v) is 24.3. The van der Waals surface area contributed by atoms with Gasteiger partial charge in [-0.3, -0.25) is 14.5 Å². The fourth-order valence-corrected chi connectivity index (χ4v) is 7.84. The van der Waals surface area contributed by atoms with Crippen molar-refractivity contribution < 1.29 is 28.6 Å². The van der Waals surface area contributed by atoms with E-state index >= 15 is 0 Å². The SMILES string of the molecule is Cc1nnc(SCC2=C(C(=O)O)N3C(=O)[C@H](NC(=O)c4ccc(COc5ccc(Br)cc5Cl)o4)[C@H]3SC2)s1. The highest BCUT2D eigenvalue weighted by Gasteiger charge is 2.54. The maximum atomic E-state index is 12.9. The van der Waals surface area contributed by atoms with Crippen molar-refractivity contribution in [1.82, 2.24) is 20.4 Å². The number of aryl methyl sites for hydroxylation is 1. The second-order valence-corrected chi connectivity index (χ2v) is 13.0. The molecular formula is C23H18BrClN4O6S3. The van der Waals surface area contributed by atoms with Crippen LogP contribution in [0.15, 0.2) is 54.8 Å². The number of carbonyl (C=O) groups is 3. The highest BCUT2D eigenvalue weighted by molar-refractivity contribution is 9.10. The number of rotatable bonds is 9. The van der Waals surface area contributed by atoms with E-state index in [0.717, 1.165) is 13.8 Å². The molecule has 3 aromatic rings. The topological polar surface area (TPSA) is 135 Å². The van der Waals surface area contributed by atoms with E-state index in [9.17, 15) is 19.5 Å². The van der Waals surface area contributed by atoms with Crippen molar-refractivity contribution >= 4 is 80.2 Å². The number of amides is 2. The number of benzene rings is 1. The van der Waals surface area contributed by atoms with Gasteiger partial charge in [-0.1, -0.05) is 50.6 Å². The molecule has 1 saturated heterocycles. The molecule has 2 aromatic heterocycles. The van der Waals surface area contributed by atoms with E-state index in [1.165, 1.54) is 45.8 Å². The number of carboxylic acids is 1. The Bertz CT molecular complexity index is 1460. The highest BCUT2D eigenvalue weighted by Crippen LogP contribution is 2.42. The second-order valence-electron chi connectivity index (χ2n) is 8.12. The Balaban J connectivity index is 1.20. The number of β-lactam (4-membered cyclic amide) rings is 1. The fraction of sp³-hybridized carbons (Fsp3) is 0.261. The van der Waals surface area contributed by atoms with Crippen molar-refractivity contribution in [3.63, 3.8) is 0 Å². The van der Waals surface area contributed by atoms with E-state index in [1.54, 1.807) is 24.3 Å². The van der Waals surface area contributed by atoms with Gasteiger partial charge in [0.15, 0.2) is 10.1 Å². The number of thioether (sulfide) groups is 2. The minimum absolute atomic E-state index is 0.0102. The van der Waals surface area contributed by atoms with Gasteiger partial charge >= 0.3 is 5.97 Å². The highest BCUT2D eigenvalue weighted by atomic mass is 79.9. The van der Waals surface area contributed by atoms with Crippen LogP contribution in [0.2, 0.25) is 5.02 Å². The van der Waals surface area contributed by atoms with Crippen molar-refractivity contribution in [3.8, 4) is 5.75 Å². The van der Waals surface area contributed by atoms with Gasteiger partial charge in [-0.05, 0) is 42.8 Å². The molecule has 10 nitrogen and oxygen atoms in total. The Labute approximate surface area is 242 Å². The van der Waals surface area contributed by atoms with Crippen LogP contribution < -0.4 is 10.1 Å². The Morgan fingerprint density at radius 1 is 1.34 bits per heavy atom. The summed E-state index contributed by atoms with van der Waals surface area (Å²) in [5.74, 6) is -0.590. The fourth-order valence-electron chi connectivity index (χ4n) is 3.81. The first kappa shape index (κ1) is 27.1. The Morgan fingerprint density at radius 2 is 2.16 bits per heavy atom. The van der Waals surface area contributed by atoms with Crippen LogP contribution in [0, 0.1) is 6.92 Å². The van der Waals surface area contributed by atoms with Crippen molar-refractivity contribution in [3.05, 3.63) is 67.6 Å². The molecule has 0 bridgehead atoms. The number of aromatic nitrogens is 2. The molecule has 0 radical (unpaired) electrons. The van der Waals surface area contributed by atoms with Crippen LogP contribution in [0.3, 0.4) is 0 Å². The molecule has 2 N–H and O–H groups in total. The van der Waals surface area contributed by atoms with Crippen molar-refractivity contribution in [2.45, 2.75) is 29.3 Å². The van der Waals surface area contributed by atoms with Crippen LogP contribution in [0.1, 0.15) is 21.3 Å². The molecule has 0 unspecified atom stereocenters. The Morgan fingerprint density at radius 3 is 2.87 bits per heavy atom. The van der Waals surface area contributed by atoms with Crippen LogP contribution in [0.5, 0.6) is 5.75 Å². The minimum Gasteiger partial charge on any atom is -0.484 e. The summed E-state index contributed by atoms with van der Waals surface area (Å²) in [5, 5.41) is 21.2. The van der Waals surface area contributed by atoms with Gasteiger partial charge in [-0.15, -0.1) is 22.0 Å². The lowest BCUT2D eigenvalue weighted by Gasteiger charge is -2.49. The monoisotopic (exact) mass is 656 g/mol. The molecule has 1 aromatic carbocycles. The lowest BCUT2D eigenvalue weighted by Crippen LogP contribution is -2.70. The van der Waals surface area contributed by atoms with Gasteiger partial charge in [0.1, 0.15) is 40.2 Å². The molecule has 5 rings (SSSR count). The summed E-state index contributed by atoms with van der Waals surface area (Å²) in [6, 6.07) is 7.41. The zero-order valence-electron chi connectivity index (χ0n) is 19.5. The third-order valence-electron chi connectivity index (χ3n) is 5.56. The molecule has 0 saturated carbocycles. The molecule has 0 aliphatic carbocycles. The minimum atomic E-state index is -1.18. The van der Waals surface area contributed by atoms with Crippen molar-refractivity contribution in [2.24, 2.45) is 0 Å². The molecule has 4 heterocycles. The van der Waals surface area contributed by atoms with E-state index < -0.39 is 29.2 Å². The number of carboxylic acid groups (broad SMARTS) is 1. The maximum absolute atomic E-state index is 12.9. The van der Waals surface area contributed by atoms with Gasteiger partial charge in [0.2, 0.25) is 0 Å². The van der Waals surface area contributed by atoms with E-state index in [-0.39, 0.29) is 18.1 Å². The molecule has 2 aliphatic heterocycles. The summed E-state index contributed by atoms with van der Waals surface area (Å²) in [7, 11) is 0. The van der Waals surface area contributed by atoms with Crippen molar-refractivity contribution in [1.29, 1.82) is 0 Å². The Kier molecular flexibility index (Phi) is 8.05. The standard InChI is InChI=1S/C23H18BrClN4O6S3/c1-10-27-28-23(38-10)37-9-11-8-36-21-17(20(31)29(21)18(11)22(32)33)26-19(30)16-5-3-13(35-16)7-34-15-4-2-12(24)6-14(15)25/h2-6,17,21H,7-9H2,1H3,(H,26,30)(H,32,33)/t17-,21+/m0/s1. The van der Waals surface area contributed by atoms with E-state index in [1.807, 2.05) is 6.92 Å². The lowest BCUT2D eigenvalue weighted by atomic mass is 10.0. The number of halogens is 2. The van der Waals surface area contributed by atoms with Gasteiger partial charge in [0.25, 0.3) is 11.8 Å². The van der Waals surface area contributed by atoms with Crippen LogP contribution >= 0.6 is 62.4 Å². The van der Waals surface area contributed by atoms with Gasteiger partial charge in [-0.25, -0.2) is 4.79 Å². The number of fused-ring (bicyclic) bond motifs is 1. The lowest BCUT2D eigenvalue weighted by molar-refractivity contribution is -0.148. The predicted octanol–water partition coefficient (Wildman–Crippen LogP) is 4.58. The molecule has 0 spiro atoms. The number of carbonyl (C=O) groups excluding carboxylic acids is 2. The van der Waals surface area contributed by atoms with Gasteiger partial charge in [-0.2, -0.15) is 0 Å². The molecule has 198 valence electrons. The zero-order chi connectivity index (χ0) is 27.0. The summed E-state index contributed by atoms with van der Waals surface area (Å²) >= 11 is 13.7. The van der Waals surface area contributed by atoms with Gasteiger partial charge in [0.05, 0.1) is 5.02 Å². The third-order valence-corrected chi connectivity index (χ3v) is 9.75. The number of ether oxygens (including phenoxy) is 1. The molecule has 2 atom stereocenters. The summed E-state index contributed by atoms with van der Waals surface area (Å²) in [5.41, 5.74) is 0.582. The van der Waals surface area contributed by atoms with Crippen LogP contribution in [0.25, 0.3) is 0 Å². The van der Waals surface area contributed by atoms with E-state index in [0.29, 0.717) is 33.6 Å². The Hall–Kier alpha value is -2.52. The van der Waals surface area contributed by atoms with Gasteiger partial charge < -0.3 is 19.6 Å². The number of hydrogen-bond acceptors (Lipinski definition) is 10. The van der Waals surface area contributed by atoms with Crippen LogP contribution in [0.4, 0.5) is 0 Å². The summed E-state index contributed by atoms with van der Waals surface area (Å²) in [4.78, 5) is 39.0. The molecule has 2 aliphatic rings. The number of nitrogens with one attached hydrogen (secondary N) is 1.